The third-order valence-electron chi connectivity index (χ3n) is 3.59. The zero-order valence-electron chi connectivity index (χ0n) is 11.9. The van der Waals surface area contributed by atoms with E-state index >= 15 is 0 Å². The molecule has 2 rings (SSSR count). The van der Waals surface area contributed by atoms with Crippen LogP contribution in [0.1, 0.15) is 30.6 Å². The van der Waals surface area contributed by atoms with Crippen LogP contribution in [-0.2, 0) is 4.79 Å². The Balaban J connectivity index is 2.04. The number of hydrogen-bond acceptors (Lipinski definition) is 3. The Kier molecular flexibility index (Phi) is 4.74. The van der Waals surface area contributed by atoms with Crippen molar-refractivity contribution in [1.82, 2.24) is 10.6 Å². The predicted octanol–water partition coefficient (Wildman–Crippen LogP) is 1.37. The average Bonchev–Trinajstić information content (AvgIpc) is 2.85. The van der Waals surface area contributed by atoms with Crippen molar-refractivity contribution in [2.45, 2.75) is 26.3 Å². The SMILES string of the molecule is CCNC(=O)c1cccc(NC(=O)C2CCNC2C)c1. The van der Waals surface area contributed by atoms with Crippen molar-refractivity contribution in [2.24, 2.45) is 5.92 Å². The predicted molar refractivity (Wildman–Crippen MR) is 78.7 cm³/mol. The summed E-state index contributed by atoms with van der Waals surface area (Å²) in [5, 5.41) is 8.89. The van der Waals surface area contributed by atoms with Gasteiger partial charge in [0.2, 0.25) is 5.91 Å². The summed E-state index contributed by atoms with van der Waals surface area (Å²) in [7, 11) is 0. The van der Waals surface area contributed by atoms with Gasteiger partial charge < -0.3 is 16.0 Å². The van der Waals surface area contributed by atoms with Gasteiger partial charge in [-0.05, 0) is 45.0 Å². The minimum Gasteiger partial charge on any atom is -0.352 e. The van der Waals surface area contributed by atoms with E-state index in [1.165, 1.54) is 0 Å². The van der Waals surface area contributed by atoms with Crippen molar-refractivity contribution in [3.8, 4) is 0 Å². The van der Waals surface area contributed by atoms with E-state index in [2.05, 4.69) is 16.0 Å². The molecule has 0 saturated carbocycles. The van der Waals surface area contributed by atoms with Crippen molar-refractivity contribution >= 4 is 17.5 Å². The molecule has 2 amide bonds. The summed E-state index contributed by atoms with van der Waals surface area (Å²) in [6.07, 6.45) is 0.850. The van der Waals surface area contributed by atoms with E-state index in [0.29, 0.717) is 17.8 Å². The molecule has 0 aliphatic carbocycles. The highest BCUT2D eigenvalue weighted by atomic mass is 16.2. The van der Waals surface area contributed by atoms with Gasteiger partial charge in [0.25, 0.3) is 5.91 Å². The second-order valence-corrected chi connectivity index (χ2v) is 5.07. The standard InChI is InChI=1S/C15H21N3O2/c1-3-16-14(19)11-5-4-6-12(9-11)18-15(20)13-7-8-17-10(13)2/h4-6,9-10,13,17H,3,7-8H2,1-2H3,(H,16,19)(H,18,20). The van der Waals surface area contributed by atoms with Gasteiger partial charge in [0.15, 0.2) is 0 Å². The first kappa shape index (κ1) is 14.5. The largest absolute Gasteiger partial charge is 0.352 e. The number of amides is 2. The van der Waals surface area contributed by atoms with Crippen LogP contribution in [0, 0.1) is 5.92 Å². The van der Waals surface area contributed by atoms with E-state index in [1.807, 2.05) is 13.8 Å². The molecule has 1 aliphatic rings. The topological polar surface area (TPSA) is 70.2 Å². The minimum absolute atomic E-state index is 0.00977. The van der Waals surface area contributed by atoms with E-state index in [1.54, 1.807) is 24.3 Å². The van der Waals surface area contributed by atoms with E-state index in [4.69, 9.17) is 0 Å². The smallest absolute Gasteiger partial charge is 0.251 e. The second-order valence-electron chi connectivity index (χ2n) is 5.07. The molecule has 0 radical (unpaired) electrons. The Morgan fingerprint density at radius 1 is 1.40 bits per heavy atom. The zero-order valence-corrected chi connectivity index (χ0v) is 11.9. The maximum absolute atomic E-state index is 12.2. The number of benzene rings is 1. The maximum atomic E-state index is 12.2. The highest BCUT2D eigenvalue weighted by molar-refractivity contribution is 5.97. The first-order valence-corrected chi connectivity index (χ1v) is 7.04. The van der Waals surface area contributed by atoms with Crippen LogP contribution in [0.5, 0.6) is 0 Å². The summed E-state index contributed by atoms with van der Waals surface area (Å²) in [5.41, 5.74) is 1.22. The van der Waals surface area contributed by atoms with Crippen LogP contribution in [0.4, 0.5) is 5.69 Å². The summed E-state index contributed by atoms with van der Waals surface area (Å²) in [6, 6.07) is 7.21. The summed E-state index contributed by atoms with van der Waals surface area (Å²) >= 11 is 0. The monoisotopic (exact) mass is 275 g/mol. The molecule has 1 aromatic rings. The lowest BCUT2D eigenvalue weighted by Gasteiger charge is -2.15. The molecule has 108 valence electrons. The first-order chi connectivity index (χ1) is 9.61. The Hall–Kier alpha value is -1.88. The Morgan fingerprint density at radius 3 is 2.85 bits per heavy atom. The highest BCUT2D eigenvalue weighted by Crippen LogP contribution is 2.18. The van der Waals surface area contributed by atoms with Crippen molar-refractivity contribution in [1.29, 1.82) is 0 Å². The van der Waals surface area contributed by atoms with Crippen molar-refractivity contribution < 1.29 is 9.59 Å². The van der Waals surface area contributed by atoms with Gasteiger partial charge in [-0.3, -0.25) is 9.59 Å². The molecule has 20 heavy (non-hydrogen) atoms. The highest BCUT2D eigenvalue weighted by Gasteiger charge is 2.29. The third kappa shape index (κ3) is 3.36. The van der Waals surface area contributed by atoms with E-state index in [-0.39, 0.29) is 23.8 Å². The van der Waals surface area contributed by atoms with E-state index in [0.717, 1.165) is 13.0 Å². The second kappa shape index (κ2) is 6.52. The third-order valence-corrected chi connectivity index (χ3v) is 3.59. The van der Waals surface area contributed by atoms with Crippen molar-refractivity contribution in [2.75, 3.05) is 18.4 Å². The Labute approximate surface area is 119 Å². The normalized spacial score (nSPS) is 21.5. The molecule has 1 aromatic carbocycles. The minimum atomic E-state index is -0.125. The molecule has 1 saturated heterocycles. The van der Waals surface area contributed by atoms with Crippen LogP contribution >= 0.6 is 0 Å². The lowest BCUT2D eigenvalue weighted by atomic mass is 10.0. The van der Waals surface area contributed by atoms with Crippen LogP contribution in [0.15, 0.2) is 24.3 Å². The first-order valence-electron chi connectivity index (χ1n) is 7.04. The van der Waals surface area contributed by atoms with Gasteiger partial charge in [-0.15, -0.1) is 0 Å². The molecule has 1 aliphatic heterocycles. The Morgan fingerprint density at radius 2 is 2.20 bits per heavy atom. The lowest BCUT2D eigenvalue weighted by molar-refractivity contribution is -0.120. The fourth-order valence-corrected chi connectivity index (χ4v) is 2.45. The quantitative estimate of drug-likeness (QED) is 0.777. The molecule has 3 N–H and O–H groups in total. The molecule has 5 heteroatoms. The van der Waals surface area contributed by atoms with Gasteiger partial charge in [-0.25, -0.2) is 0 Å². The summed E-state index contributed by atoms with van der Waals surface area (Å²) in [6.45, 7) is 5.35. The van der Waals surface area contributed by atoms with Crippen LogP contribution in [0.2, 0.25) is 0 Å². The zero-order chi connectivity index (χ0) is 14.5. The number of nitrogens with one attached hydrogen (secondary N) is 3. The fraction of sp³-hybridized carbons (Fsp3) is 0.467. The van der Waals surface area contributed by atoms with Gasteiger partial charge in [-0.2, -0.15) is 0 Å². The van der Waals surface area contributed by atoms with E-state index in [9.17, 15) is 9.59 Å². The number of anilines is 1. The van der Waals surface area contributed by atoms with Crippen LogP contribution in [0.3, 0.4) is 0 Å². The molecule has 0 spiro atoms. The average molecular weight is 275 g/mol. The summed E-state index contributed by atoms with van der Waals surface area (Å²) in [4.78, 5) is 23.9. The van der Waals surface area contributed by atoms with Crippen molar-refractivity contribution in [3.63, 3.8) is 0 Å². The maximum Gasteiger partial charge on any atom is 0.251 e. The molecular formula is C15H21N3O2. The molecule has 5 nitrogen and oxygen atoms in total. The van der Waals surface area contributed by atoms with Crippen LogP contribution in [-0.4, -0.2) is 30.9 Å². The lowest BCUT2D eigenvalue weighted by Crippen LogP contribution is -2.32. The fourth-order valence-electron chi connectivity index (χ4n) is 2.45. The van der Waals surface area contributed by atoms with Gasteiger partial charge in [-0.1, -0.05) is 6.07 Å². The molecular weight excluding hydrogens is 254 g/mol. The van der Waals surface area contributed by atoms with Gasteiger partial charge >= 0.3 is 0 Å². The van der Waals surface area contributed by atoms with E-state index < -0.39 is 0 Å². The molecule has 0 bridgehead atoms. The van der Waals surface area contributed by atoms with Gasteiger partial charge in [0, 0.05) is 23.8 Å². The molecule has 2 unspecified atom stereocenters. The molecule has 1 heterocycles. The van der Waals surface area contributed by atoms with Crippen LogP contribution in [0.25, 0.3) is 0 Å². The van der Waals surface area contributed by atoms with Gasteiger partial charge in [0.05, 0.1) is 5.92 Å². The summed E-state index contributed by atoms with van der Waals surface area (Å²) < 4.78 is 0. The summed E-state index contributed by atoms with van der Waals surface area (Å²) in [5.74, 6) is -0.127. The molecule has 1 fully saturated rings. The van der Waals surface area contributed by atoms with Gasteiger partial charge in [0.1, 0.15) is 0 Å². The van der Waals surface area contributed by atoms with Crippen LogP contribution < -0.4 is 16.0 Å². The number of hydrogen-bond donors (Lipinski definition) is 3. The number of carbonyl (C=O) groups is 2. The molecule has 2 atom stereocenters. The Bertz CT molecular complexity index is 502. The molecule has 0 aromatic heterocycles. The van der Waals surface area contributed by atoms with Crippen molar-refractivity contribution in [3.05, 3.63) is 29.8 Å². The number of rotatable bonds is 4. The number of carbonyl (C=O) groups excluding carboxylic acids is 2.